The Morgan fingerprint density at radius 2 is 1.84 bits per heavy atom. The highest BCUT2D eigenvalue weighted by Gasteiger charge is 2.29. The van der Waals surface area contributed by atoms with Gasteiger partial charge >= 0.3 is 0 Å². The van der Waals surface area contributed by atoms with Crippen LogP contribution in [0, 0.1) is 0 Å². The molecule has 0 amide bonds. The Hall–Kier alpha value is -3.37. The smallest absolute Gasteiger partial charge is 0.269 e. The molecule has 0 saturated carbocycles. The van der Waals surface area contributed by atoms with Gasteiger partial charge in [-0.25, -0.2) is 8.42 Å². The van der Waals surface area contributed by atoms with Crippen LogP contribution < -0.4 is 13.8 Å². The first-order chi connectivity index (χ1) is 15.5. The van der Waals surface area contributed by atoms with E-state index in [0.29, 0.717) is 27.9 Å². The van der Waals surface area contributed by atoms with Crippen molar-refractivity contribution in [2.24, 2.45) is 0 Å². The molecule has 5 rings (SSSR count). The highest BCUT2D eigenvalue weighted by atomic mass is 32.2. The molecule has 0 radical (unpaired) electrons. The molecule has 0 saturated heterocycles. The number of ether oxygens (including phenoxy) is 2. The van der Waals surface area contributed by atoms with Gasteiger partial charge in [0.1, 0.15) is 9.77 Å². The average Bonchev–Trinajstić information content (AvgIpc) is 3.58. The molecule has 1 aliphatic heterocycles. The first-order valence-corrected chi connectivity index (χ1v) is 12.2. The van der Waals surface area contributed by atoms with Gasteiger partial charge in [-0.05, 0) is 35.6 Å². The number of aryl methyl sites for hydroxylation is 1. The largest absolute Gasteiger partial charge is 0.454 e. The lowest BCUT2D eigenvalue weighted by atomic mass is 10.1. The molecule has 2 aromatic heterocycles. The third-order valence-electron chi connectivity index (χ3n) is 5.23. The highest BCUT2D eigenvalue weighted by Crippen LogP contribution is 2.39. The molecule has 0 unspecified atom stereocenters. The highest BCUT2D eigenvalue weighted by molar-refractivity contribution is 7.93. The Kier molecular flexibility index (Phi) is 5.10. The summed E-state index contributed by atoms with van der Waals surface area (Å²) in [5, 5.41) is 5.74. The number of anilines is 1. The summed E-state index contributed by atoms with van der Waals surface area (Å²) in [4.78, 5) is 4.93. The molecule has 1 aliphatic rings. The van der Waals surface area contributed by atoms with Crippen LogP contribution in [-0.2, 0) is 16.4 Å². The van der Waals surface area contributed by atoms with Crippen LogP contribution in [0.1, 0.15) is 12.5 Å². The van der Waals surface area contributed by atoms with Crippen LogP contribution in [0.3, 0.4) is 0 Å². The van der Waals surface area contributed by atoms with Gasteiger partial charge in [-0.15, -0.1) is 11.3 Å². The fourth-order valence-corrected chi connectivity index (χ4v) is 5.85. The zero-order valence-corrected chi connectivity index (χ0v) is 18.9. The second-order valence-electron chi connectivity index (χ2n) is 7.10. The predicted octanol–water partition coefficient (Wildman–Crippen LogP) is 4.58. The second kappa shape index (κ2) is 7.95. The third-order valence-corrected chi connectivity index (χ3v) is 8.09. The number of thiophene rings is 1. The molecule has 0 bridgehead atoms. The van der Waals surface area contributed by atoms with Crippen LogP contribution in [-0.4, -0.2) is 32.4 Å². The number of sulfonamides is 1. The molecule has 3 heterocycles. The van der Waals surface area contributed by atoms with E-state index in [9.17, 15) is 8.42 Å². The zero-order chi connectivity index (χ0) is 22.3. The minimum atomic E-state index is -3.89. The summed E-state index contributed by atoms with van der Waals surface area (Å²) in [6, 6.07) is 14.4. The van der Waals surface area contributed by atoms with Crippen molar-refractivity contribution in [2.45, 2.75) is 18.2 Å². The molecular formula is C22H19N3O5S2. The van der Waals surface area contributed by atoms with E-state index >= 15 is 0 Å². The van der Waals surface area contributed by atoms with E-state index in [1.807, 2.05) is 24.3 Å². The van der Waals surface area contributed by atoms with Gasteiger partial charge < -0.3 is 14.0 Å². The number of aromatic nitrogens is 2. The second-order valence-corrected chi connectivity index (χ2v) is 9.95. The van der Waals surface area contributed by atoms with E-state index in [1.54, 1.807) is 29.6 Å². The molecule has 2 aromatic carbocycles. The normalized spacial score (nSPS) is 12.8. The number of nitrogens with zero attached hydrogens (tertiary/aromatic N) is 3. The van der Waals surface area contributed by atoms with Crippen molar-refractivity contribution in [3.05, 3.63) is 59.5 Å². The SMILES string of the molecule is CCc1ccc(-c2noc(-c3sccc3S(=O)(=O)N(C)c3ccc4c(c3)OCO4)n2)cc1. The van der Waals surface area contributed by atoms with Gasteiger partial charge in [0, 0.05) is 18.7 Å². The first-order valence-electron chi connectivity index (χ1n) is 9.87. The lowest BCUT2D eigenvalue weighted by Gasteiger charge is -2.19. The Morgan fingerprint density at radius 1 is 1.06 bits per heavy atom. The summed E-state index contributed by atoms with van der Waals surface area (Å²) in [6.45, 7) is 2.20. The van der Waals surface area contributed by atoms with Gasteiger partial charge in [0.05, 0.1) is 5.69 Å². The molecule has 0 spiro atoms. The molecule has 0 atom stereocenters. The molecule has 8 nitrogen and oxygen atoms in total. The molecule has 0 aliphatic carbocycles. The van der Waals surface area contributed by atoms with Crippen LogP contribution in [0.15, 0.2) is 63.3 Å². The number of hydrogen-bond acceptors (Lipinski definition) is 8. The fraction of sp³-hybridized carbons (Fsp3) is 0.182. The maximum absolute atomic E-state index is 13.4. The van der Waals surface area contributed by atoms with Crippen molar-refractivity contribution >= 4 is 27.0 Å². The third kappa shape index (κ3) is 3.51. The summed E-state index contributed by atoms with van der Waals surface area (Å²) in [6.07, 6.45) is 0.936. The maximum atomic E-state index is 13.4. The predicted molar refractivity (Wildman–Crippen MR) is 121 cm³/mol. The van der Waals surface area contributed by atoms with Crippen LogP contribution in [0.4, 0.5) is 5.69 Å². The Labute approximate surface area is 189 Å². The van der Waals surface area contributed by atoms with Crippen LogP contribution in [0.5, 0.6) is 11.5 Å². The van der Waals surface area contributed by atoms with Gasteiger partial charge in [-0.1, -0.05) is 36.3 Å². The van der Waals surface area contributed by atoms with Crippen molar-refractivity contribution in [3.8, 4) is 33.7 Å². The van der Waals surface area contributed by atoms with Gasteiger partial charge in [0.25, 0.3) is 15.9 Å². The van der Waals surface area contributed by atoms with Crippen molar-refractivity contribution < 1.29 is 22.4 Å². The van der Waals surface area contributed by atoms with E-state index < -0.39 is 10.0 Å². The van der Waals surface area contributed by atoms with E-state index in [1.165, 1.54) is 28.3 Å². The van der Waals surface area contributed by atoms with E-state index in [0.717, 1.165) is 12.0 Å². The Morgan fingerprint density at radius 3 is 2.62 bits per heavy atom. The van der Waals surface area contributed by atoms with Gasteiger partial charge in [0.2, 0.25) is 12.6 Å². The maximum Gasteiger partial charge on any atom is 0.269 e. The van der Waals surface area contributed by atoms with Gasteiger partial charge in [-0.2, -0.15) is 4.98 Å². The minimum Gasteiger partial charge on any atom is -0.454 e. The summed E-state index contributed by atoms with van der Waals surface area (Å²) >= 11 is 1.23. The standard InChI is InChI=1S/C22H19N3O5S2/c1-3-14-4-6-15(7-5-14)21-23-22(30-24-21)20-19(10-11-31-20)32(26,27)25(2)16-8-9-17-18(12-16)29-13-28-17/h4-12H,3,13H2,1-2H3. The average molecular weight is 470 g/mol. The summed E-state index contributed by atoms with van der Waals surface area (Å²) in [5.41, 5.74) is 2.46. The van der Waals surface area contributed by atoms with Gasteiger partial charge in [0.15, 0.2) is 11.5 Å². The fourth-order valence-electron chi connectivity index (χ4n) is 3.35. The summed E-state index contributed by atoms with van der Waals surface area (Å²) in [7, 11) is -2.40. The monoisotopic (exact) mass is 469 g/mol. The van der Waals surface area contributed by atoms with Crippen LogP contribution >= 0.6 is 11.3 Å². The van der Waals surface area contributed by atoms with Crippen molar-refractivity contribution in [1.29, 1.82) is 0 Å². The van der Waals surface area contributed by atoms with Crippen molar-refractivity contribution in [1.82, 2.24) is 10.1 Å². The van der Waals surface area contributed by atoms with Crippen LogP contribution in [0.2, 0.25) is 0 Å². The molecule has 164 valence electrons. The topological polar surface area (TPSA) is 94.8 Å². The van der Waals surface area contributed by atoms with Gasteiger partial charge in [-0.3, -0.25) is 4.31 Å². The van der Waals surface area contributed by atoms with E-state index in [4.69, 9.17) is 14.0 Å². The zero-order valence-electron chi connectivity index (χ0n) is 17.3. The molecule has 0 N–H and O–H groups in total. The van der Waals surface area contributed by atoms with E-state index in [2.05, 4.69) is 17.1 Å². The first kappa shape index (κ1) is 20.5. The molecule has 10 heteroatoms. The molecule has 0 fully saturated rings. The van der Waals surface area contributed by atoms with Crippen molar-refractivity contribution in [2.75, 3.05) is 18.1 Å². The number of rotatable bonds is 6. The molecule has 32 heavy (non-hydrogen) atoms. The minimum absolute atomic E-state index is 0.0965. The summed E-state index contributed by atoms with van der Waals surface area (Å²) in [5.74, 6) is 1.66. The van der Waals surface area contributed by atoms with Crippen molar-refractivity contribution in [3.63, 3.8) is 0 Å². The quantitative estimate of drug-likeness (QED) is 0.408. The van der Waals surface area contributed by atoms with E-state index in [-0.39, 0.29) is 17.6 Å². The summed E-state index contributed by atoms with van der Waals surface area (Å²) < 4.78 is 44.1. The lowest BCUT2D eigenvalue weighted by molar-refractivity contribution is 0.174. The van der Waals surface area contributed by atoms with Crippen LogP contribution in [0.25, 0.3) is 22.2 Å². The number of hydrogen-bond donors (Lipinski definition) is 0. The molecule has 4 aromatic rings. The Bertz CT molecular complexity index is 1380. The Balaban J connectivity index is 1.47. The number of benzene rings is 2. The molecular weight excluding hydrogens is 450 g/mol. The number of fused-ring (bicyclic) bond motifs is 1. The lowest BCUT2D eigenvalue weighted by Crippen LogP contribution is -2.26.